The van der Waals surface area contributed by atoms with E-state index < -0.39 is 4.92 Å². The molecule has 8 heteroatoms. The number of aromatic nitrogens is 2. The predicted octanol–water partition coefficient (Wildman–Crippen LogP) is 5.38. The van der Waals surface area contributed by atoms with Crippen molar-refractivity contribution in [2.75, 3.05) is 13.2 Å². The Balaban J connectivity index is 1.57. The summed E-state index contributed by atoms with van der Waals surface area (Å²) >= 11 is 0. The molecule has 0 spiro atoms. The lowest BCUT2D eigenvalue weighted by Gasteiger charge is -2.11. The third kappa shape index (κ3) is 5.40. The fraction of sp³-hybridized carbons (Fsp3) is 0.231. The number of hydrogen-bond acceptors (Lipinski definition) is 6. The Labute approximate surface area is 196 Å². The van der Waals surface area contributed by atoms with E-state index in [9.17, 15) is 14.9 Å². The number of carbonyl (C=O) groups is 1. The van der Waals surface area contributed by atoms with Crippen LogP contribution < -0.4 is 4.74 Å². The molecule has 0 atom stereocenters. The molecule has 0 bridgehead atoms. The highest BCUT2D eigenvalue weighted by Gasteiger charge is 2.16. The Morgan fingerprint density at radius 3 is 2.53 bits per heavy atom. The van der Waals surface area contributed by atoms with Crippen LogP contribution in [0.25, 0.3) is 22.4 Å². The molecule has 0 saturated heterocycles. The van der Waals surface area contributed by atoms with Crippen LogP contribution >= 0.6 is 0 Å². The molecule has 0 saturated carbocycles. The van der Waals surface area contributed by atoms with E-state index in [4.69, 9.17) is 14.5 Å². The van der Waals surface area contributed by atoms with Gasteiger partial charge in [0.25, 0.3) is 5.69 Å². The summed E-state index contributed by atoms with van der Waals surface area (Å²) in [6, 6.07) is 22.3. The number of nitro benzene ring substituents is 1. The van der Waals surface area contributed by atoms with Gasteiger partial charge < -0.3 is 14.0 Å². The second-order valence-corrected chi connectivity index (χ2v) is 7.72. The number of rotatable bonds is 10. The van der Waals surface area contributed by atoms with Crippen LogP contribution in [0.4, 0.5) is 5.69 Å². The van der Waals surface area contributed by atoms with Gasteiger partial charge in [0.05, 0.1) is 29.2 Å². The fourth-order valence-electron chi connectivity index (χ4n) is 3.72. The van der Waals surface area contributed by atoms with Crippen LogP contribution in [-0.4, -0.2) is 33.7 Å². The molecule has 0 N–H and O–H groups in total. The normalized spacial score (nSPS) is 10.9. The molecular weight excluding hydrogens is 434 g/mol. The van der Waals surface area contributed by atoms with Crippen molar-refractivity contribution in [1.29, 1.82) is 0 Å². The van der Waals surface area contributed by atoms with Gasteiger partial charge in [-0.05, 0) is 49.2 Å². The number of benzene rings is 3. The number of fused-ring (bicyclic) bond motifs is 1. The summed E-state index contributed by atoms with van der Waals surface area (Å²) in [5.41, 5.74) is 3.37. The van der Waals surface area contributed by atoms with Gasteiger partial charge in [0, 0.05) is 30.7 Å². The summed E-state index contributed by atoms with van der Waals surface area (Å²) in [6.45, 7) is 3.15. The molecule has 8 nitrogen and oxygen atoms in total. The SMILES string of the molecule is CCOC(=O)CCCOc1ccc(-c2nc3cc([N+](=O)[O-])ccc3n2Cc2ccccc2)cc1. The van der Waals surface area contributed by atoms with Gasteiger partial charge in [-0.3, -0.25) is 14.9 Å². The zero-order valence-electron chi connectivity index (χ0n) is 18.8. The highest BCUT2D eigenvalue weighted by molar-refractivity contribution is 5.83. The molecule has 34 heavy (non-hydrogen) atoms. The van der Waals surface area contributed by atoms with Crippen LogP contribution in [0.5, 0.6) is 5.75 Å². The van der Waals surface area contributed by atoms with Crippen LogP contribution in [0, 0.1) is 10.1 Å². The largest absolute Gasteiger partial charge is 0.494 e. The molecule has 0 amide bonds. The number of esters is 1. The first-order valence-electron chi connectivity index (χ1n) is 11.1. The van der Waals surface area contributed by atoms with Crippen molar-refractivity contribution in [2.45, 2.75) is 26.3 Å². The number of imidazole rings is 1. The van der Waals surface area contributed by atoms with Crippen molar-refractivity contribution < 1.29 is 19.2 Å². The maximum Gasteiger partial charge on any atom is 0.305 e. The first kappa shape index (κ1) is 23.0. The van der Waals surface area contributed by atoms with Gasteiger partial charge >= 0.3 is 5.97 Å². The Morgan fingerprint density at radius 1 is 1.06 bits per heavy atom. The molecule has 0 aliphatic heterocycles. The maximum absolute atomic E-state index is 11.4. The Kier molecular flexibility index (Phi) is 7.17. The van der Waals surface area contributed by atoms with Crippen molar-refractivity contribution in [3.05, 3.63) is 88.5 Å². The lowest BCUT2D eigenvalue weighted by atomic mass is 10.2. The van der Waals surface area contributed by atoms with Gasteiger partial charge in [-0.15, -0.1) is 0 Å². The average molecular weight is 460 g/mol. The average Bonchev–Trinajstić information content (AvgIpc) is 3.20. The van der Waals surface area contributed by atoms with Gasteiger partial charge in [-0.25, -0.2) is 4.98 Å². The van der Waals surface area contributed by atoms with E-state index >= 15 is 0 Å². The monoisotopic (exact) mass is 459 g/mol. The minimum Gasteiger partial charge on any atom is -0.494 e. The predicted molar refractivity (Wildman–Crippen MR) is 129 cm³/mol. The first-order chi connectivity index (χ1) is 16.5. The number of ether oxygens (including phenoxy) is 2. The zero-order valence-corrected chi connectivity index (χ0v) is 18.8. The molecule has 4 aromatic rings. The molecule has 1 heterocycles. The van der Waals surface area contributed by atoms with Gasteiger partial charge in [-0.2, -0.15) is 0 Å². The van der Waals surface area contributed by atoms with Gasteiger partial charge in [-0.1, -0.05) is 30.3 Å². The first-order valence-corrected chi connectivity index (χ1v) is 11.1. The molecule has 0 unspecified atom stereocenters. The molecule has 0 radical (unpaired) electrons. The van der Waals surface area contributed by atoms with E-state index in [2.05, 4.69) is 4.57 Å². The van der Waals surface area contributed by atoms with Crippen molar-refractivity contribution in [3.63, 3.8) is 0 Å². The number of non-ortho nitro benzene ring substituents is 1. The van der Waals surface area contributed by atoms with Gasteiger partial charge in [0.15, 0.2) is 0 Å². The molecule has 4 rings (SSSR count). The van der Waals surface area contributed by atoms with Crippen molar-refractivity contribution in [3.8, 4) is 17.1 Å². The zero-order chi connectivity index (χ0) is 23.9. The minimum absolute atomic E-state index is 0.00924. The third-order valence-electron chi connectivity index (χ3n) is 5.34. The fourth-order valence-corrected chi connectivity index (χ4v) is 3.72. The molecule has 174 valence electrons. The lowest BCUT2D eigenvalue weighted by Crippen LogP contribution is -2.06. The van der Waals surface area contributed by atoms with Crippen LogP contribution in [-0.2, 0) is 16.1 Å². The minimum atomic E-state index is -0.413. The van der Waals surface area contributed by atoms with Crippen LogP contribution in [0.2, 0.25) is 0 Å². The van der Waals surface area contributed by atoms with E-state index in [1.807, 2.05) is 54.6 Å². The second kappa shape index (κ2) is 10.6. The summed E-state index contributed by atoms with van der Waals surface area (Å²) in [7, 11) is 0. The maximum atomic E-state index is 11.4. The van der Waals surface area contributed by atoms with Crippen LogP contribution in [0.15, 0.2) is 72.8 Å². The number of nitro groups is 1. The van der Waals surface area contributed by atoms with Crippen LogP contribution in [0.3, 0.4) is 0 Å². The molecule has 3 aromatic carbocycles. The molecular formula is C26H25N3O5. The van der Waals surface area contributed by atoms with Crippen molar-refractivity contribution >= 4 is 22.7 Å². The summed E-state index contributed by atoms with van der Waals surface area (Å²) in [6.07, 6.45) is 0.897. The third-order valence-corrected chi connectivity index (χ3v) is 5.34. The van der Waals surface area contributed by atoms with Crippen molar-refractivity contribution in [1.82, 2.24) is 9.55 Å². The highest BCUT2D eigenvalue weighted by Crippen LogP contribution is 2.29. The highest BCUT2D eigenvalue weighted by atomic mass is 16.6. The van der Waals surface area contributed by atoms with Gasteiger partial charge in [0.1, 0.15) is 11.6 Å². The Morgan fingerprint density at radius 2 is 1.82 bits per heavy atom. The van der Waals surface area contributed by atoms with Crippen molar-refractivity contribution in [2.24, 2.45) is 0 Å². The molecule has 1 aromatic heterocycles. The molecule has 0 aliphatic rings. The summed E-state index contributed by atoms with van der Waals surface area (Å²) in [5, 5.41) is 11.2. The van der Waals surface area contributed by atoms with E-state index in [0.29, 0.717) is 49.7 Å². The molecule has 0 aliphatic carbocycles. The standard InChI is InChI=1S/C26H25N3O5/c1-2-33-25(30)9-6-16-34-22-13-10-20(11-14-22)26-27-23-17-21(29(31)32)12-15-24(23)28(26)18-19-7-4-3-5-8-19/h3-5,7-8,10-15,17H,2,6,9,16,18H2,1H3. The number of nitrogens with zero attached hydrogens (tertiary/aromatic N) is 3. The summed E-state index contributed by atoms with van der Waals surface area (Å²) in [5.74, 6) is 1.18. The smallest absolute Gasteiger partial charge is 0.305 e. The Hall–Kier alpha value is -4.20. The summed E-state index contributed by atoms with van der Waals surface area (Å²) in [4.78, 5) is 27.0. The quantitative estimate of drug-likeness (QED) is 0.137. The Bertz CT molecular complexity index is 1280. The molecule has 0 fully saturated rings. The topological polar surface area (TPSA) is 96.5 Å². The van der Waals surface area contributed by atoms with Gasteiger partial charge in [0.2, 0.25) is 0 Å². The van der Waals surface area contributed by atoms with E-state index in [-0.39, 0.29) is 11.7 Å². The number of carbonyl (C=O) groups excluding carboxylic acids is 1. The van der Waals surface area contributed by atoms with Crippen LogP contribution in [0.1, 0.15) is 25.3 Å². The van der Waals surface area contributed by atoms with E-state index in [1.54, 1.807) is 13.0 Å². The lowest BCUT2D eigenvalue weighted by molar-refractivity contribution is -0.384. The second-order valence-electron chi connectivity index (χ2n) is 7.72. The van der Waals surface area contributed by atoms with E-state index in [0.717, 1.165) is 16.6 Å². The summed E-state index contributed by atoms with van der Waals surface area (Å²) < 4.78 is 12.7. The van der Waals surface area contributed by atoms with E-state index in [1.165, 1.54) is 12.1 Å². The number of hydrogen-bond donors (Lipinski definition) is 0.